The quantitative estimate of drug-likeness (QED) is 0.405. The van der Waals surface area contributed by atoms with E-state index in [1.165, 1.54) is 28.2 Å². The largest absolute Gasteiger partial charge is 0.493 e. The van der Waals surface area contributed by atoms with Crippen LogP contribution in [0.2, 0.25) is 0 Å². The zero-order chi connectivity index (χ0) is 21.8. The molecule has 0 radical (unpaired) electrons. The first kappa shape index (κ1) is 21.0. The molecule has 6 nitrogen and oxygen atoms in total. The van der Waals surface area contributed by atoms with Gasteiger partial charge in [-0.05, 0) is 25.1 Å². The lowest BCUT2D eigenvalue weighted by Gasteiger charge is -2.08. The molecule has 0 fully saturated rings. The molecule has 0 spiro atoms. The van der Waals surface area contributed by atoms with Crippen LogP contribution >= 0.6 is 22.7 Å². The molecule has 0 aliphatic rings. The predicted octanol–water partition coefficient (Wildman–Crippen LogP) is 5.44. The van der Waals surface area contributed by atoms with Gasteiger partial charge in [-0.15, -0.1) is 22.7 Å². The number of hydrogen-bond donors (Lipinski definition) is 1. The van der Waals surface area contributed by atoms with Gasteiger partial charge >= 0.3 is 0 Å². The van der Waals surface area contributed by atoms with Gasteiger partial charge in [0.2, 0.25) is 5.91 Å². The molecule has 0 saturated heterocycles. The fourth-order valence-corrected chi connectivity index (χ4v) is 4.56. The molecule has 2 aromatic carbocycles. The van der Waals surface area contributed by atoms with Crippen molar-refractivity contribution in [1.82, 2.24) is 9.97 Å². The molecule has 1 amide bonds. The number of methoxy groups -OCH3 is 2. The Labute approximate surface area is 188 Å². The van der Waals surface area contributed by atoms with Crippen LogP contribution in [0, 0.1) is 6.92 Å². The number of aromatic nitrogens is 2. The second-order valence-corrected chi connectivity index (χ2v) is 8.56. The fourth-order valence-electron chi connectivity index (χ4n) is 3.01. The van der Waals surface area contributed by atoms with Crippen molar-refractivity contribution >= 4 is 33.7 Å². The smallest absolute Gasteiger partial charge is 0.232 e. The molecule has 2 heterocycles. The summed E-state index contributed by atoms with van der Waals surface area (Å²) in [7, 11) is 3.20. The number of nitrogens with zero attached hydrogens (tertiary/aromatic N) is 2. The Morgan fingerprint density at radius 2 is 1.68 bits per heavy atom. The van der Waals surface area contributed by atoms with Crippen molar-refractivity contribution in [2.45, 2.75) is 13.3 Å². The van der Waals surface area contributed by atoms with Gasteiger partial charge in [-0.25, -0.2) is 9.97 Å². The molecule has 0 aliphatic heterocycles. The number of nitrogens with one attached hydrogen (secondary N) is 1. The van der Waals surface area contributed by atoms with Gasteiger partial charge in [0.15, 0.2) is 16.6 Å². The third kappa shape index (κ3) is 4.92. The van der Waals surface area contributed by atoms with Crippen molar-refractivity contribution < 1.29 is 14.3 Å². The summed E-state index contributed by atoms with van der Waals surface area (Å²) in [6.07, 6.45) is 0.184. The van der Waals surface area contributed by atoms with E-state index in [0.717, 1.165) is 21.8 Å². The Balaban J connectivity index is 1.41. The number of carbonyl (C=O) groups excluding carboxylic acids is 1. The van der Waals surface area contributed by atoms with Crippen molar-refractivity contribution in [1.29, 1.82) is 0 Å². The predicted molar refractivity (Wildman–Crippen MR) is 125 cm³/mol. The normalized spacial score (nSPS) is 10.7. The van der Waals surface area contributed by atoms with E-state index in [4.69, 9.17) is 9.47 Å². The number of benzene rings is 2. The highest BCUT2D eigenvalue weighted by Crippen LogP contribution is 2.33. The number of ether oxygens (including phenoxy) is 2. The lowest BCUT2D eigenvalue weighted by Crippen LogP contribution is -2.14. The van der Waals surface area contributed by atoms with Gasteiger partial charge in [-0.1, -0.05) is 29.8 Å². The number of thiazole rings is 2. The molecule has 0 bridgehead atoms. The van der Waals surface area contributed by atoms with Gasteiger partial charge in [0.05, 0.1) is 32.0 Å². The second-order valence-electron chi connectivity index (χ2n) is 6.84. The molecule has 0 aliphatic carbocycles. The molecule has 4 rings (SSSR count). The first-order valence-electron chi connectivity index (χ1n) is 9.55. The summed E-state index contributed by atoms with van der Waals surface area (Å²) in [6, 6.07) is 13.8. The number of hydrogen-bond acceptors (Lipinski definition) is 7. The van der Waals surface area contributed by atoms with E-state index in [-0.39, 0.29) is 12.3 Å². The van der Waals surface area contributed by atoms with Crippen molar-refractivity contribution in [2.24, 2.45) is 0 Å². The Morgan fingerprint density at radius 3 is 2.42 bits per heavy atom. The van der Waals surface area contributed by atoms with Gasteiger partial charge in [-0.2, -0.15) is 0 Å². The molecule has 2 aromatic heterocycles. The average Bonchev–Trinajstić information content (AvgIpc) is 3.43. The molecule has 0 saturated carbocycles. The molecule has 158 valence electrons. The number of amides is 1. The Bertz CT molecular complexity index is 1200. The molecule has 8 heteroatoms. The van der Waals surface area contributed by atoms with E-state index in [1.54, 1.807) is 14.2 Å². The van der Waals surface area contributed by atoms with Crippen LogP contribution in [0.4, 0.5) is 5.13 Å². The van der Waals surface area contributed by atoms with Gasteiger partial charge in [-0.3, -0.25) is 4.79 Å². The van der Waals surface area contributed by atoms with Crippen LogP contribution in [-0.2, 0) is 11.2 Å². The Morgan fingerprint density at radius 1 is 0.935 bits per heavy atom. The minimum absolute atomic E-state index is 0.144. The van der Waals surface area contributed by atoms with Crippen molar-refractivity contribution in [3.05, 3.63) is 64.5 Å². The standard InChI is InChI=1S/C23H21N3O3S2/c1-14-4-6-15(7-5-14)18-13-31-23(25-18)26-21(27)11-17-12-30-22(24-17)16-8-9-19(28-2)20(10-16)29-3/h4-10,12-13H,11H2,1-3H3,(H,25,26,27). The maximum Gasteiger partial charge on any atom is 0.232 e. The van der Waals surface area contributed by atoms with Crippen LogP contribution in [0.25, 0.3) is 21.8 Å². The maximum absolute atomic E-state index is 12.5. The topological polar surface area (TPSA) is 73.3 Å². The molecule has 1 N–H and O–H groups in total. The van der Waals surface area contributed by atoms with Crippen LogP contribution in [0.15, 0.2) is 53.2 Å². The van der Waals surface area contributed by atoms with Gasteiger partial charge in [0, 0.05) is 21.9 Å². The van der Waals surface area contributed by atoms with Crippen molar-refractivity contribution in [2.75, 3.05) is 19.5 Å². The monoisotopic (exact) mass is 451 g/mol. The van der Waals surface area contributed by atoms with Gasteiger partial charge in [0.1, 0.15) is 5.01 Å². The summed E-state index contributed by atoms with van der Waals surface area (Å²) in [5, 5.41) is 8.11. The summed E-state index contributed by atoms with van der Waals surface area (Å²) in [5.74, 6) is 1.16. The van der Waals surface area contributed by atoms with Crippen LogP contribution in [0.1, 0.15) is 11.3 Å². The van der Waals surface area contributed by atoms with Crippen LogP contribution in [0.3, 0.4) is 0 Å². The summed E-state index contributed by atoms with van der Waals surface area (Å²) < 4.78 is 10.6. The lowest BCUT2D eigenvalue weighted by atomic mass is 10.1. The highest BCUT2D eigenvalue weighted by molar-refractivity contribution is 7.14. The first-order valence-corrected chi connectivity index (χ1v) is 11.3. The Hall–Kier alpha value is -3.23. The average molecular weight is 452 g/mol. The Kier molecular flexibility index (Phi) is 6.29. The second kappa shape index (κ2) is 9.28. The lowest BCUT2D eigenvalue weighted by molar-refractivity contribution is -0.115. The molecular weight excluding hydrogens is 430 g/mol. The molecule has 31 heavy (non-hydrogen) atoms. The van der Waals surface area contributed by atoms with E-state index in [0.29, 0.717) is 22.3 Å². The van der Waals surface area contributed by atoms with E-state index < -0.39 is 0 Å². The van der Waals surface area contributed by atoms with Crippen LogP contribution in [-0.4, -0.2) is 30.1 Å². The highest BCUT2D eigenvalue weighted by atomic mass is 32.1. The third-order valence-electron chi connectivity index (χ3n) is 4.62. The van der Waals surface area contributed by atoms with E-state index in [2.05, 4.69) is 15.3 Å². The maximum atomic E-state index is 12.5. The summed E-state index contributed by atoms with van der Waals surface area (Å²) in [4.78, 5) is 21.6. The highest BCUT2D eigenvalue weighted by Gasteiger charge is 2.13. The molecule has 0 unspecified atom stereocenters. The fraction of sp³-hybridized carbons (Fsp3) is 0.174. The first-order chi connectivity index (χ1) is 15.1. The number of anilines is 1. The van der Waals surface area contributed by atoms with Crippen molar-refractivity contribution in [3.63, 3.8) is 0 Å². The molecule has 0 atom stereocenters. The summed E-state index contributed by atoms with van der Waals surface area (Å²) in [5.41, 5.74) is 4.70. The van der Waals surface area contributed by atoms with Crippen LogP contribution < -0.4 is 14.8 Å². The van der Waals surface area contributed by atoms with Gasteiger partial charge < -0.3 is 14.8 Å². The van der Waals surface area contributed by atoms with Crippen molar-refractivity contribution in [3.8, 4) is 33.3 Å². The SMILES string of the molecule is COc1ccc(-c2nc(CC(=O)Nc3nc(-c4ccc(C)cc4)cs3)cs2)cc1OC. The number of carbonyl (C=O) groups is 1. The molecule has 4 aromatic rings. The zero-order valence-electron chi connectivity index (χ0n) is 17.3. The van der Waals surface area contributed by atoms with Gasteiger partial charge in [0.25, 0.3) is 0 Å². The zero-order valence-corrected chi connectivity index (χ0v) is 19.0. The minimum Gasteiger partial charge on any atom is -0.493 e. The number of rotatable bonds is 7. The third-order valence-corrected chi connectivity index (χ3v) is 6.32. The minimum atomic E-state index is -0.144. The molecular formula is C23H21N3O3S2. The summed E-state index contributed by atoms with van der Waals surface area (Å²) in [6.45, 7) is 2.05. The van der Waals surface area contributed by atoms with E-state index in [9.17, 15) is 4.79 Å². The van der Waals surface area contributed by atoms with E-state index >= 15 is 0 Å². The summed E-state index contributed by atoms with van der Waals surface area (Å²) >= 11 is 2.90. The number of aryl methyl sites for hydroxylation is 1. The van der Waals surface area contributed by atoms with E-state index in [1.807, 2.05) is 60.1 Å². The van der Waals surface area contributed by atoms with Crippen LogP contribution in [0.5, 0.6) is 11.5 Å².